The fourth-order valence-corrected chi connectivity index (χ4v) is 1.48. The number of carbonyl (C=O) groups excluding carboxylic acids is 1. The summed E-state index contributed by atoms with van der Waals surface area (Å²) in [4.78, 5) is 17.3. The topological polar surface area (TPSA) is 61.9 Å². The molecule has 74 valence electrons. The summed E-state index contributed by atoms with van der Waals surface area (Å²) in [5.41, 5.74) is 1.21. The molecule has 5 nitrogen and oxygen atoms in total. The maximum absolute atomic E-state index is 11.7. The molecule has 5 heteroatoms. The highest BCUT2D eigenvalue weighted by Crippen LogP contribution is 2.14. The van der Waals surface area contributed by atoms with Crippen LogP contribution in [0.15, 0.2) is 18.5 Å². The number of H-pyrrole nitrogens is 1. The van der Waals surface area contributed by atoms with E-state index in [1.165, 1.54) is 11.9 Å². The van der Waals surface area contributed by atoms with Crippen molar-refractivity contribution in [2.45, 2.75) is 12.8 Å². The maximum Gasteiger partial charge on any atom is 0.291 e. The van der Waals surface area contributed by atoms with Crippen LogP contribution in [0, 0.1) is 0 Å². The van der Waals surface area contributed by atoms with Crippen molar-refractivity contribution in [3.8, 4) is 0 Å². The summed E-state index contributed by atoms with van der Waals surface area (Å²) in [6.45, 7) is 5.37. The highest BCUT2D eigenvalue weighted by atomic mass is 16.2. The van der Waals surface area contributed by atoms with Crippen LogP contribution in [0.1, 0.15) is 23.5 Å². The molecule has 0 radical (unpaired) electrons. The van der Waals surface area contributed by atoms with Crippen molar-refractivity contribution in [3.05, 3.63) is 24.3 Å². The van der Waals surface area contributed by atoms with Crippen LogP contribution in [0.4, 0.5) is 0 Å². The minimum atomic E-state index is -0.0741. The fourth-order valence-electron chi connectivity index (χ4n) is 1.48. The van der Waals surface area contributed by atoms with Crippen molar-refractivity contribution in [1.29, 1.82) is 0 Å². The third kappa shape index (κ3) is 1.66. The third-order valence-corrected chi connectivity index (χ3v) is 2.38. The predicted molar refractivity (Wildman–Crippen MR) is 50.7 cm³/mol. The Morgan fingerprint density at radius 1 is 1.50 bits per heavy atom. The normalized spacial score (nSPS) is 17.1. The molecule has 0 aliphatic carbocycles. The van der Waals surface area contributed by atoms with Gasteiger partial charge in [-0.3, -0.25) is 9.89 Å². The Balaban J connectivity index is 2.03. The molecule has 1 aliphatic heterocycles. The molecular weight excluding hydrogens is 180 g/mol. The number of amides is 1. The smallest absolute Gasteiger partial charge is 0.291 e. The van der Waals surface area contributed by atoms with Crippen molar-refractivity contribution in [1.82, 2.24) is 20.1 Å². The standard InChI is InChI=1S/C9H12N4O/c1-7-2-4-13(5-3-7)9(14)8-10-6-11-12-8/h6H,1-5H2,(H,10,11,12). The van der Waals surface area contributed by atoms with E-state index in [4.69, 9.17) is 0 Å². The third-order valence-electron chi connectivity index (χ3n) is 2.38. The number of hydrogen-bond donors (Lipinski definition) is 1. The van der Waals surface area contributed by atoms with Crippen LogP contribution in [0.25, 0.3) is 0 Å². The molecule has 2 heterocycles. The van der Waals surface area contributed by atoms with Crippen LogP contribution < -0.4 is 0 Å². The van der Waals surface area contributed by atoms with Crippen molar-refractivity contribution >= 4 is 5.91 Å². The van der Waals surface area contributed by atoms with Crippen molar-refractivity contribution in [2.75, 3.05) is 13.1 Å². The van der Waals surface area contributed by atoms with E-state index in [2.05, 4.69) is 21.8 Å². The Hall–Kier alpha value is -1.65. The van der Waals surface area contributed by atoms with Gasteiger partial charge in [0.05, 0.1) is 0 Å². The Kier molecular flexibility index (Phi) is 2.30. The zero-order valence-electron chi connectivity index (χ0n) is 7.86. The predicted octanol–water partition coefficient (Wildman–Crippen LogP) is 0.597. The van der Waals surface area contributed by atoms with Gasteiger partial charge < -0.3 is 4.90 Å². The lowest BCUT2D eigenvalue weighted by atomic mass is 10.1. The molecule has 1 aromatic heterocycles. The number of hydrogen-bond acceptors (Lipinski definition) is 3. The van der Waals surface area contributed by atoms with Crippen LogP contribution >= 0.6 is 0 Å². The first-order chi connectivity index (χ1) is 6.77. The number of aromatic nitrogens is 3. The Morgan fingerprint density at radius 2 is 2.21 bits per heavy atom. The van der Waals surface area contributed by atoms with Gasteiger partial charge in [-0.2, -0.15) is 5.10 Å². The van der Waals surface area contributed by atoms with Crippen LogP contribution in [0.3, 0.4) is 0 Å². The number of nitrogens with one attached hydrogen (secondary N) is 1. The van der Waals surface area contributed by atoms with Gasteiger partial charge in [-0.05, 0) is 12.8 Å². The largest absolute Gasteiger partial charge is 0.335 e. The van der Waals surface area contributed by atoms with E-state index in [1.807, 2.05) is 0 Å². The second kappa shape index (κ2) is 3.61. The molecule has 0 bridgehead atoms. The number of rotatable bonds is 1. The van der Waals surface area contributed by atoms with Crippen molar-refractivity contribution in [2.24, 2.45) is 0 Å². The SMILES string of the molecule is C=C1CCN(C(=O)c2ncn[nH]2)CC1. The lowest BCUT2D eigenvalue weighted by molar-refractivity contribution is 0.0732. The van der Waals surface area contributed by atoms with Gasteiger partial charge in [0, 0.05) is 13.1 Å². The van der Waals surface area contributed by atoms with Crippen LogP contribution in [0.2, 0.25) is 0 Å². The lowest BCUT2D eigenvalue weighted by Gasteiger charge is -2.26. The number of likely N-dealkylation sites (tertiary alicyclic amines) is 1. The van der Waals surface area contributed by atoms with Gasteiger partial charge in [0.2, 0.25) is 5.82 Å². The molecule has 0 atom stereocenters. The Morgan fingerprint density at radius 3 is 2.79 bits per heavy atom. The molecule has 1 saturated heterocycles. The molecule has 1 amide bonds. The van der Waals surface area contributed by atoms with Gasteiger partial charge >= 0.3 is 0 Å². The highest BCUT2D eigenvalue weighted by Gasteiger charge is 2.21. The van der Waals surface area contributed by atoms with E-state index in [1.54, 1.807) is 4.90 Å². The van der Waals surface area contributed by atoms with Gasteiger partial charge in [0.15, 0.2) is 0 Å². The van der Waals surface area contributed by atoms with Gasteiger partial charge in [-0.25, -0.2) is 4.98 Å². The minimum absolute atomic E-state index is 0.0741. The molecule has 1 fully saturated rings. The van der Waals surface area contributed by atoms with Crippen LogP contribution in [-0.4, -0.2) is 39.1 Å². The zero-order valence-corrected chi connectivity index (χ0v) is 7.86. The summed E-state index contributed by atoms with van der Waals surface area (Å²) in [5, 5.41) is 6.22. The molecule has 14 heavy (non-hydrogen) atoms. The van der Waals surface area contributed by atoms with E-state index in [9.17, 15) is 4.79 Å². The lowest BCUT2D eigenvalue weighted by Crippen LogP contribution is -2.36. The fraction of sp³-hybridized carbons (Fsp3) is 0.444. The van der Waals surface area contributed by atoms with E-state index in [0.717, 1.165) is 25.9 Å². The van der Waals surface area contributed by atoms with Crippen LogP contribution in [-0.2, 0) is 0 Å². The van der Waals surface area contributed by atoms with E-state index in [0.29, 0.717) is 5.82 Å². The average molecular weight is 192 g/mol. The molecule has 0 unspecified atom stereocenters. The van der Waals surface area contributed by atoms with E-state index < -0.39 is 0 Å². The van der Waals surface area contributed by atoms with Gasteiger partial charge in [-0.1, -0.05) is 12.2 Å². The maximum atomic E-state index is 11.7. The monoisotopic (exact) mass is 192 g/mol. The summed E-state index contributed by atoms with van der Waals surface area (Å²) in [6, 6.07) is 0. The molecular formula is C9H12N4O. The van der Waals surface area contributed by atoms with Gasteiger partial charge in [0.1, 0.15) is 6.33 Å². The molecule has 2 rings (SSSR count). The first kappa shape index (κ1) is 8.93. The molecule has 0 aromatic carbocycles. The van der Waals surface area contributed by atoms with E-state index >= 15 is 0 Å². The van der Waals surface area contributed by atoms with Gasteiger partial charge in [-0.15, -0.1) is 0 Å². The Labute approximate surface area is 81.8 Å². The van der Waals surface area contributed by atoms with Crippen LogP contribution in [0.5, 0.6) is 0 Å². The summed E-state index contributed by atoms with van der Waals surface area (Å²) in [6.07, 6.45) is 3.12. The first-order valence-electron chi connectivity index (χ1n) is 4.58. The summed E-state index contributed by atoms with van der Waals surface area (Å²) in [5.74, 6) is 0.243. The number of aromatic amines is 1. The van der Waals surface area contributed by atoms with E-state index in [-0.39, 0.29) is 5.91 Å². The molecule has 0 spiro atoms. The number of piperidine rings is 1. The number of carbonyl (C=O) groups is 1. The average Bonchev–Trinajstić information content (AvgIpc) is 2.71. The molecule has 1 aromatic rings. The first-order valence-corrected chi connectivity index (χ1v) is 4.58. The van der Waals surface area contributed by atoms with Gasteiger partial charge in [0.25, 0.3) is 5.91 Å². The quantitative estimate of drug-likeness (QED) is 0.663. The molecule has 1 N–H and O–H groups in total. The van der Waals surface area contributed by atoms with Crippen molar-refractivity contribution < 1.29 is 4.79 Å². The second-order valence-electron chi connectivity index (χ2n) is 3.38. The summed E-state index contributed by atoms with van der Waals surface area (Å²) < 4.78 is 0. The minimum Gasteiger partial charge on any atom is -0.335 e. The Bertz CT molecular complexity index is 334. The second-order valence-corrected chi connectivity index (χ2v) is 3.38. The van der Waals surface area contributed by atoms with Crippen molar-refractivity contribution in [3.63, 3.8) is 0 Å². The summed E-state index contributed by atoms with van der Waals surface area (Å²) in [7, 11) is 0. The zero-order chi connectivity index (χ0) is 9.97. The molecule has 0 saturated carbocycles. The number of nitrogens with zero attached hydrogens (tertiary/aromatic N) is 3. The highest BCUT2D eigenvalue weighted by molar-refractivity contribution is 5.90. The summed E-state index contributed by atoms with van der Waals surface area (Å²) >= 11 is 0. The molecule has 1 aliphatic rings.